The van der Waals surface area contributed by atoms with E-state index in [1.165, 1.54) is 0 Å². The van der Waals surface area contributed by atoms with E-state index in [1.807, 2.05) is 6.08 Å². The van der Waals surface area contributed by atoms with E-state index in [4.69, 9.17) is 9.84 Å². The maximum atomic E-state index is 11.3. The van der Waals surface area contributed by atoms with Crippen LogP contribution in [0, 0.1) is 5.92 Å². The van der Waals surface area contributed by atoms with Gasteiger partial charge in [-0.1, -0.05) is 6.08 Å². The monoisotopic (exact) mass is 196 g/mol. The van der Waals surface area contributed by atoms with Crippen molar-refractivity contribution in [2.24, 2.45) is 5.92 Å². The molecular formula is C10H12O4. The molecule has 0 saturated carbocycles. The van der Waals surface area contributed by atoms with E-state index in [2.05, 4.69) is 0 Å². The summed E-state index contributed by atoms with van der Waals surface area (Å²) >= 11 is 0. The van der Waals surface area contributed by atoms with Crippen LogP contribution in [0.15, 0.2) is 11.6 Å². The molecule has 2 unspecified atom stereocenters. The highest BCUT2D eigenvalue weighted by Gasteiger charge is 2.41. The summed E-state index contributed by atoms with van der Waals surface area (Å²) in [4.78, 5) is 21.8. The number of carbonyl (C=O) groups excluding carboxylic acids is 1. The van der Waals surface area contributed by atoms with Crippen LogP contribution in [0.5, 0.6) is 0 Å². The SMILES string of the molecule is O=C(O)CC1OC(=O)C2=CCCCC21. The molecule has 2 atom stereocenters. The molecule has 1 fully saturated rings. The number of hydrogen-bond donors (Lipinski definition) is 1. The van der Waals surface area contributed by atoms with Crippen LogP contribution in [0.3, 0.4) is 0 Å². The van der Waals surface area contributed by atoms with Crippen LogP contribution in [-0.2, 0) is 14.3 Å². The molecule has 4 nitrogen and oxygen atoms in total. The number of rotatable bonds is 2. The molecule has 14 heavy (non-hydrogen) atoms. The van der Waals surface area contributed by atoms with Crippen molar-refractivity contribution >= 4 is 11.9 Å². The molecule has 76 valence electrons. The molecule has 2 aliphatic rings. The Balaban J connectivity index is 2.15. The first-order chi connectivity index (χ1) is 6.68. The Hall–Kier alpha value is -1.32. The van der Waals surface area contributed by atoms with E-state index >= 15 is 0 Å². The molecule has 0 aromatic heterocycles. The zero-order valence-electron chi connectivity index (χ0n) is 7.73. The number of aliphatic carboxylic acids is 1. The number of cyclic esters (lactones) is 1. The maximum Gasteiger partial charge on any atom is 0.334 e. The van der Waals surface area contributed by atoms with Crippen molar-refractivity contribution in [2.45, 2.75) is 31.8 Å². The van der Waals surface area contributed by atoms with Crippen LogP contribution in [0.2, 0.25) is 0 Å². The van der Waals surface area contributed by atoms with Crippen molar-refractivity contribution in [3.05, 3.63) is 11.6 Å². The summed E-state index contributed by atoms with van der Waals surface area (Å²) in [6.45, 7) is 0. The highest BCUT2D eigenvalue weighted by molar-refractivity contribution is 5.92. The Labute approximate surface area is 81.6 Å². The predicted molar refractivity (Wildman–Crippen MR) is 47.6 cm³/mol. The van der Waals surface area contributed by atoms with Gasteiger partial charge < -0.3 is 9.84 Å². The van der Waals surface area contributed by atoms with Crippen molar-refractivity contribution in [1.29, 1.82) is 0 Å². The Morgan fingerprint density at radius 2 is 2.43 bits per heavy atom. The number of allylic oxidation sites excluding steroid dienone is 1. The molecule has 0 spiro atoms. The Morgan fingerprint density at radius 3 is 3.14 bits per heavy atom. The highest BCUT2D eigenvalue weighted by Crippen LogP contribution is 2.37. The third kappa shape index (κ3) is 1.52. The third-order valence-electron chi connectivity index (χ3n) is 2.80. The maximum absolute atomic E-state index is 11.3. The minimum Gasteiger partial charge on any atom is -0.481 e. The van der Waals surface area contributed by atoms with E-state index in [0.29, 0.717) is 5.57 Å². The third-order valence-corrected chi connectivity index (χ3v) is 2.80. The highest BCUT2D eigenvalue weighted by atomic mass is 16.6. The molecule has 4 heteroatoms. The summed E-state index contributed by atoms with van der Waals surface area (Å²) in [6.07, 6.45) is 4.16. The van der Waals surface area contributed by atoms with Crippen LogP contribution < -0.4 is 0 Å². The Bertz CT molecular complexity index is 305. The smallest absolute Gasteiger partial charge is 0.334 e. The lowest BCUT2D eigenvalue weighted by Crippen LogP contribution is -2.21. The molecule has 0 aromatic rings. The van der Waals surface area contributed by atoms with Gasteiger partial charge in [0.15, 0.2) is 0 Å². The molecule has 0 radical (unpaired) electrons. The lowest BCUT2D eigenvalue weighted by Gasteiger charge is -2.18. The van der Waals surface area contributed by atoms with E-state index in [1.54, 1.807) is 0 Å². The molecule has 1 saturated heterocycles. The minimum absolute atomic E-state index is 0.0207. The van der Waals surface area contributed by atoms with Gasteiger partial charge in [0.1, 0.15) is 6.10 Å². The van der Waals surface area contributed by atoms with Gasteiger partial charge in [-0.25, -0.2) is 4.79 Å². The van der Waals surface area contributed by atoms with Crippen molar-refractivity contribution in [3.63, 3.8) is 0 Å². The van der Waals surface area contributed by atoms with Gasteiger partial charge >= 0.3 is 11.9 Å². The van der Waals surface area contributed by atoms with Crippen LogP contribution in [0.4, 0.5) is 0 Å². The first kappa shape index (κ1) is 9.24. The molecule has 0 aromatic carbocycles. The summed E-state index contributed by atoms with van der Waals surface area (Å²) in [5, 5.41) is 8.64. The average Bonchev–Trinajstić information content (AvgIpc) is 2.44. The van der Waals surface area contributed by atoms with Crippen LogP contribution in [-0.4, -0.2) is 23.1 Å². The van der Waals surface area contributed by atoms with Crippen LogP contribution >= 0.6 is 0 Å². The van der Waals surface area contributed by atoms with Gasteiger partial charge in [-0.3, -0.25) is 4.79 Å². The molecule has 0 amide bonds. The number of carbonyl (C=O) groups is 2. The Kier molecular flexibility index (Phi) is 2.27. The number of fused-ring (bicyclic) bond motifs is 1. The summed E-state index contributed by atoms with van der Waals surface area (Å²) in [5.74, 6) is -1.21. The van der Waals surface area contributed by atoms with Gasteiger partial charge in [0.05, 0.1) is 6.42 Å². The van der Waals surface area contributed by atoms with Crippen molar-refractivity contribution in [3.8, 4) is 0 Å². The number of esters is 1. The van der Waals surface area contributed by atoms with Crippen LogP contribution in [0.1, 0.15) is 25.7 Å². The van der Waals surface area contributed by atoms with E-state index in [9.17, 15) is 9.59 Å². The van der Waals surface area contributed by atoms with Crippen molar-refractivity contribution < 1.29 is 19.4 Å². The molecule has 1 aliphatic heterocycles. The van der Waals surface area contributed by atoms with Crippen LogP contribution in [0.25, 0.3) is 0 Å². The van der Waals surface area contributed by atoms with Gasteiger partial charge in [0.25, 0.3) is 0 Å². The number of carboxylic acids is 1. The standard InChI is InChI=1S/C10H12O4/c11-9(12)5-8-6-3-1-2-4-7(6)10(13)14-8/h4,6,8H,1-3,5H2,(H,11,12). The fourth-order valence-corrected chi connectivity index (χ4v) is 2.17. The fourth-order valence-electron chi connectivity index (χ4n) is 2.17. The zero-order chi connectivity index (χ0) is 10.1. The van der Waals surface area contributed by atoms with E-state index in [0.717, 1.165) is 19.3 Å². The minimum atomic E-state index is -0.908. The second-order valence-electron chi connectivity index (χ2n) is 3.74. The van der Waals surface area contributed by atoms with Gasteiger partial charge in [-0.05, 0) is 19.3 Å². The Morgan fingerprint density at radius 1 is 1.64 bits per heavy atom. The van der Waals surface area contributed by atoms with Crippen molar-refractivity contribution in [1.82, 2.24) is 0 Å². The zero-order valence-corrected chi connectivity index (χ0v) is 7.73. The lowest BCUT2D eigenvalue weighted by atomic mass is 9.85. The second kappa shape index (κ2) is 3.44. The fraction of sp³-hybridized carbons (Fsp3) is 0.600. The van der Waals surface area contributed by atoms with Gasteiger partial charge in [0.2, 0.25) is 0 Å². The quantitative estimate of drug-likeness (QED) is 0.672. The van der Waals surface area contributed by atoms with Crippen molar-refractivity contribution in [2.75, 3.05) is 0 Å². The largest absolute Gasteiger partial charge is 0.481 e. The summed E-state index contributed by atoms with van der Waals surface area (Å²) in [5.41, 5.74) is 0.697. The number of carboxylic acid groups (broad SMARTS) is 1. The molecular weight excluding hydrogens is 184 g/mol. The van der Waals surface area contributed by atoms with E-state index in [-0.39, 0.29) is 18.3 Å². The van der Waals surface area contributed by atoms with E-state index < -0.39 is 12.1 Å². The average molecular weight is 196 g/mol. The molecule has 2 rings (SSSR count). The summed E-state index contributed by atoms with van der Waals surface area (Å²) in [6, 6.07) is 0. The predicted octanol–water partition coefficient (Wildman–Crippen LogP) is 1.11. The molecule has 1 heterocycles. The van der Waals surface area contributed by atoms with Gasteiger partial charge in [0, 0.05) is 11.5 Å². The summed E-state index contributed by atoms with van der Waals surface area (Å²) in [7, 11) is 0. The first-order valence-electron chi connectivity index (χ1n) is 4.81. The first-order valence-corrected chi connectivity index (χ1v) is 4.81. The normalized spacial score (nSPS) is 30.6. The second-order valence-corrected chi connectivity index (χ2v) is 3.74. The van der Waals surface area contributed by atoms with Gasteiger partial charge in [-0.15, -0.1) is 0 Å². The molecule has 0 bridgehead atoms. The number of hydrogen-bond acceptors (Lipinski definition) is 3. The summed E-state index contributed by atoms with van der Waals surface area (Å²) < 4.78 is 5.03. The molecule has 1 aliphatic carbocycles. The lowest BCUT2D eigenvalue weighted by molar-refractivity contribution is -0.145. The number of ether oxygens (including phenoxy) is 1. The van der Waals surface area contributed by atoms with Gasteiger partial charge in [-0.2, -0.15) is 0 Å². The molecule has 1 N–H and O–H groups in total. The topological polar surface area (TPSA) is 63.6 Å².